The Morgan fingerprint density at radius 2 is 2.00 bits per heavy atom. The molecular formula is C22H19NO5S. The van der Waals surface area contributed by atoms with Crippen LogP contribution < -0.4 is 4.74 Å². The number of benzene rings is 2. The molecule has 148 valence electrons. The molecule has 1 heterocycles. The number of esters is 1. The van der Waals surface area contributed by atoms with Gasteiger partial charge in [0, 0.05) is 5.56 Å². The first-order valence-electron chi connectivity index (χ1n) is 8.93. The molecule has 0 radical (unpaired) electrons. The van der Waals surface area contributed by atoms with Gasteiger partial charge in [0.25, 0.3) is 11.1 Å². The topological polar surface area (TPSA) is 72.9 Å². The van der Waals surface area contributed by atoms with Gasteiger partial charge in [-0.2, -0.15) is 0 Å². The highest BCUT2D eigenvalue weighted by Crippen LogP contribution is 2.36. The average Bonchev–Trinajstić information content (AvgIpc) is 2.94. The zero-order valence-electron chi connectivity index (χ0n) is 16.0. The van der Waals surface area contributed by atoms with Crippen LogP contribution in [-0.2, 0) is 14.3 Å². The van der Waals surface area contributed by atoms with Gasteiger partial charge in [-0.25, -0.2) is 0 Å². The number of nitrogens with zero attached hydrogens (tertiary/aromatic N) is 1. The number of ether oxygens (including phenoxy) is 2. The Hall–Kier alpha value is -3.24. The molecule has 0 atom stereocenters. The van der Waals surface area contributed by atoms with Gasteiger partial charge in [-0.05, 0) is 48.5 Å². The number of thioether (sulfide) groups is 1. The van der Waals surface area contributed by atoms with E-state index < -0.39 is 23.7 Å². The van der Waals surface area contributed by atoms with Crippen LogP contribution in [0.15, 0.2) is 41.3 Å². The first kappa shape index (κ1) is 20.5. The molecule has 0 bridgehead atoms. The van der Waals surface area contributed by atoms with Gasteiger partial charge < -0.3 is 9.47 Å². The summed E-state index contributed by atoms with van der Waals surface area (Å²) in [7, 11) is 0. The van der Waals surface area contributed by atoms with Gasteiger partial charge in [-0.15, -0.1) is 6.42 Å². The molecule has 0 aliphatic carbocycles. The summed E-state index contributed by atoms with van der Waals surface area (Å²) in [5, 5.41) is 1.29. The van der Waals surface area contributed by atoms with E-state index in [0.717, 1.165) is 27.4 Å². The van der Waals surface area contributed by atoms with Crippen LogP contribution in [0.1, 0.15) is 19.4 Å². The molecule has 2 amide bonds. The second kappa shape index (κ2) is 8.84. The average molecular weight is 409 g/mol. The lowest BCUT2D eigenvalue weighted by Crippen LogP contribution is -2.35. The first-order chi connectivity index (χ1) is 13.9. The number of carbonyl (C=O) groups excluding carboxylic acids is 3. The van der Waals surface area contributed by atoms with E-state index in [4.69, 9.17) is 15.9 Å². The van der Waals surface area contributed by atoms with E-state index in [-0.39, 0.29) is 17.6 Å². The van der Waals surface area contributed by atoms with E-state index in [1.165, 1.54) is 0 Å². The summed E-state index contributed by atoms with van der Waals surface area (Å²) < 4.78 is 10.7. The molecular weight excluding hydrogens is 390 g/mol. The monoisotopic (exact) mass is 409 g/mol. The van der Waals surface area contributed by atoms with Crippen LogP contribution in [0.4, 0.5) is 4.79 Å². The number of amides is 2. The molecule has 0 N–H and O–H groups in total. The zero-order chi connectivity index (χ0) is 21.0. The van der Waals surface area contributed by atoms with Crippen LogP contribution >= 0.6 is 11.8 Å². The number of terminal acetylenes is 1. The number of imide groups is 1. The van der Waals surface area contributed by atoms with Crippen molar-refractivity contribution >= 4 is 45.7 Å². The summed E-state index contributed by atoms with van der Waals surface area (Å²) in [6, 6.07) is 11.3. The number of carbonyl (C=O) groups is 3. The molecule has 1 aliphatic rings. The van der Waals surface area contributed by atoms with Crippen LogP contribution in [-0.4, -0.2) is 41.3 Å². The Bertz CT molecular complexity index is 1050. The highest BCUT2D eigenvalue weighted by atomic mass is 32.2. The van der Waals surface area contributed by atoms with Gasteiger partial charge in [0.2, 0.25) is 0 Å². The Kier molecular flexibility index (Phi) is 6.25. The van der Waals surface area contributed by atoms with Crippen LogP contribution in [0.3, 0.4) is 0 Å². The third kappa shape index (κ3) is 4.61. The lowest BCUT2D eigenvalue weighted by Gasteiger charge is -2.13. The molecule has 29 heavy (non-hydrogen) atoms. The Labute approximate surface area is 172 Å². The maximum Gasteiger partial charge on any atom is 0.326 e. The molecule has 0 spiro atoms. The first-order valence-corrected chi connectivity index (χ1v) is 9.75. The molecule has 0 unspecified atom stereocenters. The molecule has 0 saturated carbocycles. The maximum absolute atomic E-state index is 12.7. The van der Waals surface area contributed by atoms with E-state index in [2.05, 4.69) is 5.92 Å². The SMILES string of the molecule is C#CCOc1ccc2ccccc2c1/C=C1/SC(=O)N(CC(=O)OC(C)C)C1=O. The van der Waals surface area contributed by atoms with Crippen molar-refractivity contribution < 1.29 is 23.9 Å². The molecule has 2 aromatic rings. The lowest BCUT2D eigenvalue weighted by atomic mass is 10.0. The second-order valence-electron chi connectivity index (χ2n) is 6.50. The summed E-state index contributed by atoms with van der Waals surface area (Å²) in [4.78, 5) is 38.0. The van der Waals surface area contributed by atoms with Crippen molar-refractivity contribution in [3.8, 4) is 18.1 Å². The zero-order valence-corrected chi connectivity index (χ0v) is 16.8. The third-order valence-corrected chi connectivity index (χ3v) is 4.95. The van der Waals surface area contributed by atoms with Crippen LogP contribution in [0.5, 0.6) is 5.75 Å². The standard InChI is InChI=1S/C22H19NO5S/c1-4-11-27-18-10-9-15-7-5-6-8-16(15)17(18)12-19-21(25)23(22(26)29-19)13-20(24)28-14(2)3/h1,5-10,12,14H,11,13H2,2-3H3/b19-12+. The number of fused-ring (bicyclic) bond motifs is 1. The third-order valence-electron chi connectivity index (χ3n) is 4.05. The van der Waals surface area contributed by atoms with Crippen LogP contribution in [0.25, 0.3) is 16.8 Å². The summed E-state index contributed by atoms with van der Waals surface area (Å²) in [5.41, 5.74) is 0.647. The maximum atomic E-state index is 12.7. The normalized spacial score (nSPS) is 15.2. The van der Waals surface area contributed by atoms with Crippen molar-refractivity contribution in [1.82, 2.24) is 4.90 Å². The Morgan fingerprint density at radius 3 is 2.72 bits per heavy atom. The van der Waals surface area contributed by atoms with E-state index in [1.807, 2.05) is 30.3 Å². The van der Waals surface area contributed by atoms with Gasteiger partial charge in [0.15, 0.2) is 0 Å². The molecule has 0 aromatic heterocycles. The quantitative estimate of drug-likeness (QED) is 0.410. The molecule has 2 aromatic carbocycles. The van der Waals surface area contributed by atoms with Crippen molar-refractivity contribution in [3.63, 3.8) is 0 Å². The minimum atomic E-state index is -0.633. The number of hydrogen-bond acceptors (Lipinski definition) is 6. The molecule has 1 saturated heterocycles. The molecule has 6 nitrogen and oxygen atoms in total. The van der Waals surface area contributed by atoms with E-state index in [9.17, 15) is 14.4 Å². The highest BCUT2D eigenvalue weighted by molar-refractivity contribution is 8.18. The minimum absolute atomic E-state index is 0.0711. The highest BCUT2D eigenvalue weighted by Gasteiger charge is 2.37. The van der Waals surface area contributed by atoms with Crippen molar-refractivity contribution in [2.45, 2.75) is 20.0 Å². The van der Waals surface area contributed by atoms with Gasteiger partial charge >= 0.3 is 5.97 Å². The van der Waals surface area contributed by atoms with Crippen molar-refractivity contribution in [2.75, 3.05) is 13.2 Å². The van der Waals surface area contributed by atoms with Gasteiger partial charge in [-0.1, -0.05) is 36.3 Å². The van der Waals surface area contributed by atoms with Crippen molar-refractivity contribution in [2.24, 2.45) is 0 Å². The summed E-state index contributed by atoms with van der Waals surface area (Å²) in [6.45, 7) is 3.05. The van der Waals surface area contributed by atoms with E-state index in [1.54, 1.807) is 26.0 Å². The minimum Gasteiger partial charge on any atom is -0.480 e. The summed E-state index contributed by atoms with van der Waals surface area (Å²) in [6.07, 6.45) is 6.57. The molecule has 1 aliphatic heterocycles. The predicted octanol–water partition coefficient (Wildman–Crippen LogP) is 3.84. The number of rotatable bonds is 6. The van der Waals surface area contributed by atoms with Gasteiger partial charge in [0.1, 0.15) is 18.9 Å². The van der Waals surface area contributed by atoms with Crippen molar-refractivity contribution in [1.29, 1.82) is 0 Å². The van der Waals surface area contributed by atoms with E-state index in [0.29, 0.717) is 11.3 Å². The van der Waals surface area contributed by atoms with Crippen LogP contribution in [0, 0.1) is 12.3 Å². The van der Waals surface area contributed by atoms with Gasteiger partial charge in [0.05, 0.1) is 11.0 Å². The summed E-state index contributed by atoms with van der Waals surface area (Å²) in [5.74, 6) is 1.75. The summed E-state index contributed by atoms with van der Waals surface area (Å²) >= 11 is 0.773. The fourth-order valence-corrected chi connectivity index (χ4v) is 3.69. The van der Waals surface area contributed by atoms with E-state index >= 15 is 0 Å². The lowest BCUT2D eigenvalue weighted by molar-refractivity contribution is -0.149. The Morgan fingerprint density at radius 1 is 1.24 bits per heavy atom. The second-order valence-corrected chi connectivity index (χ2v) is 7.49. The predicted molar refractivity (Wildman–Crippen MR) is 112 cm³/mol. The Balaban J connectivity index is 1.96. The number of hydrogen-bond donors (Lipinski definition) is 0. The van der Waals surface area contributed by atoms with Gasteiger partial charge in [-0.3, -0.25) is 19.3 Å². The largest absolute Gasteiger partial charge is 0.480 e. The molecule has 3 rings (SSSR count). The smallest absolute Gasteiger partial charge is 0.326 e. The fraction of sp³-hybridized carbons (Fsp3) is 0.227. The van der Waals surface area contributed by atoms with Crippen LogP contribution in [0.2, 0.25) is 0 Å². The fourth-order valence-electron chi connectivity index (χ4n) is 2.87. The molecule has 1 fully saturated rings. The molecule has 7 heteroatoms. The van der Waals surface area contributed by atoms with Crippen molar-refractivity contribution in [3.05, 3.63) is 46.9 Å².